The van der Waals surface area contributed by atoms with Gasteiger partial charge < -0.3 is 54.4 Å². The molecule has 143 heavy (non-hydrogen) atoms. The molecule has 1 amide bonds. The van der Waals surface area contributed by atoms with Gasteiger partial charge in [0.25, 0.3) is 0 Å². The second-order valence-corrected chi connectivity index (χ2v) is 32.9. The molecule has 0 aliphatic carbocycles. The summed E-state index contributed by atoms with van der Waals surface area (Å²) in [4.78, 5) is 15.9. The van der Waals surface area contributed by atoms with Gasteiger partial charge in [-0.1, -0.05) is 202 Å². The van der Waals surface area contributed by atoms with Crippen molar-refractivity contribution in [2.45, 2.75) is 59.8 Å². The quantitative estimate of drug-likeness (QED) is 0.0297. The molecule has 21 aromatic rings. The van der Waals surface area contributed by atoms with Gasteiger partial charge in [0.05, 0.1) is 95.1 Å². The Bertz CT molecular complexity index is 7740. The predicted octanol–water partition coefficient (Wildman–Crippen LogP) is 26.0. The van der Waals surface area contributed by atoms with E-state index in [2.05, 4.69) is 110 Å². The largest absolute Gasteiger partial charge is 0.508 e. The lowest BCUT2D eigenvalue weighted by Crippen LogP contribution is -2.12. The molecule has 10 aromatic heterocycles. The minimum absolute atomic E-state index is 0.0177. The van der Waals surface area contributed by atoms with Crippen molar-refractivity contribution in [3.63, 3.8) is 0 Å². The molecule has 0 unspecified atom stereocenters. The molecule has 14 N–H and O–H groups in total. The zero-order valence-corrected chi connectivity index (χ0v) is 79.2. The molecule has 28 heteroatoms. The number of carbonyl (C=O) groups excluding carboxylic acids is 1. The summed E-state index contributed by atoms with van der Waals surface area (Å²) in [5, 5.41) is 105. The zero-order chi connectivity index (χ0) is 99.9. The zero-order valence-electron chi connectivity index (χ0n) is 79.2. The number of amides is 1. The lowest BCUT2D eigenvalue weighted by molar-refractivity contribution is 0.100. The summed E-state index contributed by atoms with van der Waals surface area (Å²) in [7, 11) is 3.46. The minimum Gasteiger partial charge on any atom is -0.508 e. The number of unbranched alkanes of at least 4 members (excludes halogenated alkanes) is 2. The van der Waals surface area contributed by atoms with Crippen molar-refractivity contribution in [3.8, 4) is 187 Å². The van der Waals surface area contributed by atoms with Gasteiger partial charge in [0.1, 0.15) is 63.1 Å². The number of nitrogens with zero attached hydrogens (tertiary/aromatic N) is 9. The molecular formula is C115H105FN16O11. The highest BCUT2D eigenvalue weighted by atomic mass is 19.1. The van der Waals surface area contributed by atoms with Gasteiger partial charge in [-0.3, -0.25) is 45.1 Å². The molecule has 11 aromatic carbocycles. The van der Waals surface area contributed by atoms with E-state index in [0.29, 0.717) is 56.4 Å². The summed E-state index contributed by atoms with van der Waals surface area (Å²) in [5.74, 6) is 3.34. The SMILES string of the molecule is CCCCCC1=CC(c2ccccc2O)=NC1.CCc1cc(-c2ccccc2O)n[nH]1.COc1ccccc1-c1cc(-c2ccccc2F)[nH]n1.Cc1ccc(-c2cc(-c3ccc(O)cc3O)[nH]n2)cc1.Cc1cccc(-c2cc(-c3ccccc3O)[nH]n2)c1.Cn1nc(-c2ccccc2O)cc1-c1ccco1.NC(=O)c1ccccc1-c1cc(-c2ccco2)[nH]n1.c1ccc(-c2cc(-c3ccco3)[nH]n2)cc1. The number of carbonyl (C=O) groups is 1. The molecule has 0 atom stereocenters. The first-order valence-electron chi connectivity index (χ1n) is 46.1. The fourth-order valence-corrected chi connectivity index (χ4v) is 15.3. The van der Waals surface area contributed by atoms with Crippen molar-refractivity contribution in [3.05, 3.63) is 410 Å². The third kappa shape index (κ3) is 25.9. The monoisotopic (exact) mass is 1900 g/mol. The molecule has 718 valence electrons. The number of hydrogen-bond acceptors (Lipinski definition) is 19. The Hall–Kier alpha value is -18.9. The highest BCUT2D eigenvalue weighted by Gasteiger charge is 2.21. The van der Waals surface area contributed by atoms with E-state index in [-0.39, 0.29) is 34.6 Å². The van der Waals surface area contributed by atoms with E-state index in [1.807, 2.05) is 244 Å². The average Bonchev–Trinajstić information content (AvgIpc) is 1.68. The molecule has 0 saturated heterocycles. The second kappa shape index (κ2) is 48.2. The number of phenols is 6. The molecule has 0 fully saturated rings. The lowest BCUT2D eigenvalue weighted by Gasteiger charge is -2.04. The maximum Gasteiger partial charge on any atom is 0.249 e. The molecule has 0 spiro atoms. The summed E-state index contributed by atoms with van der Waals surface area (Å²) in [5.41, 5.74) is 30.7. The molecule has 0 saturated carbocycles. The highest BCUT2D eigenvalue weighted by Crippen LogP contribution is 2.39. The van der Waals surface area contributed by atoms with Gasteiger partial charge in [-0.05, 0) is 221 Å². The number of aromatic amines is 6. The number of furan rings is 3. The van der Waals surface area contributed by atoms with Gasteiger partial charge >= 0.3 is 0 Å². The number of ether oxygens (including phenoxy) is 1. The lowest BCUT2D eigenvalue weighted by atomic mass is 10.0. The highest BCUT2D eigenvalue weighted by molar-refractivity contribution is 6.12. The van der Waals surface area contributed by atoms with Gasteiger partial charge in [-0.15, -0.1) is 0 Å². The molecule has 0 radical (unpaired) electrons. The Morgan fingerprint density at radius 1 is 0.392 bits per heavy atom. The van der Waals surface area contributed by atoms with Crippen LogP contribution >= 0.6 is 0 Å². The number of benzene rings is 11. The molecule has 0 bridgehead atoms. The summed E-state index contributed by atoms with van der Waals surface area (Å²) in [6.07, 6.45) is 12.8. The van der Waals surface area contributed by atoms with Crippen molar-refractivity contribution in [1.29, 1.82) is 0 Å². The van der Waals surface area contributed by atoms with Gasteiger partial charge in [0, 0.05) is 85.6 Å². The molecule has 22 rings (SSSR count). The van der Waals surface area contributed by atoms with Crippen LogP contribution in [0.5, 0.6) is 40.2 Å². The van der Waals surface area contributed by atoms with Gasteiger partial charge in [0.15, 0.2) is 17.3 Å². The summed E-state index contributed by atoms with van der Waals surface area (Å²) >= 11 is 0. The first kappa shape index (κ1) is 98.6. The van der Waals surface area contributed by atoms with Crippen LogP contribution in [0.4, 0.5) is 4.39 Å². The van der Waals surface area contributed by atoms with E-state index in [0.717, 1.165) is 144 Å². The van der Waals surface area contributed by atoms with Crippen LogP contribution in [0.15, 0.2) is 394 Å². The number of primary amides is 1. The van der Waals surface area contributed by atoms with Crippen molar-refractivity contribution in [2.24, 2.45) is 17.8 Å². The number of rotatable bonds is 21. The van der Waals surface area contributed by atoms with Gasteiger partial charge in [-0.2, -0.15) is 35.7 Å². The number of aryl methyl sites for hydroxylation is 4. The smallest absolute Gasteiger partial charge is 0.249 e. The number of allylic oxidation sites excluding steroid dienone is 1. The fraction of sp³-hybridized carbons (Fsp3) is 0.104. The molecule has 11 heterocycles. The molecule has 27 nitrogen and oxygen atoms in total. The first-order valence-corrected chi connectivity index (χ1v) is 46.1. The Morgan fingerprint density at radius 2 is 0.846 bits per heavy atom. The van der Waals surface area contributed by atoms with Crippen LogP contribution in [-0.2, 0) is 13.5 Å². The number of phenolic OH excluding ortho intramolecular Hbond substituents is 6. The normalized spacial score (nSPS) is 11.0. The number of H-pyrrole nitrogens is 6. The standard InChI is InChI=1S/C16H13FN2O.C16H14N2O2.C16H14N2O.C15H19NO.C14H11N3O2.C14H12N2O2.C13H10N2O.C11H12N2O/c1-20-16-9-5-3-7-12(16)15-10-14(18-19-15)11-6-2-4-8-13(11)17;1-10-2-4-11(5-3-10)14-9-15(18-17-14)13-7-6-12(19)8-16(13)20;1-11-5-4-6-12(9-11)14-10-15(18-17-14)13-7-2-3-8-16(13)19;1-2-3-4-7-12-10-14(16-11-12)13-8-5-6-9-15(13)17;15-14(18)10-5-2-1-4-9(10)11-8-12(17-16-11)13-6-3-7-19-13;1-16-12(14-7-4-8-18-14)9-11(15-16)10-5-2-3-6-13(10)17;1-2-5-10(6-3-1)11-9-12(15-14-11)13-7-4-8-16-13;1-2-8-7-10(13-12-8)9-5-3-4-6-11(9)14/h2-10H,1H3,(H,18,19);2-9,19-20H,1H3,(H,17,18);2-10,19H,1H3,(H,17,18);5-6,8-10,17H,2-4,7,11H2,1H3;1-8H,(H2,15,18)(H,16,17);2-9,17H,1H3;1-9H,(H,14,15);3-7,14H,2H2,1H3,(H,12,13). The van der Waals surface area contributed by atoms with Crippen LogP contribution in [0.2, 0.25) is 0 Å². The first-order chi connectivity index (χ1) is 69.7. The van der Waals surface area contributed by atoms with E-state index in [9.17, 15) is 39.8 Å². The Labute approximate surface area is 824 Å². The predicted molar refractivity (Wildman–Crippen MR) is 556 cm³/mol. The van der Waals surface area contributed by atoms with Crippen LogP contribution < -0.4 is 10.5 Å². The minimum atomic E-state index is -0.474. The van der Waals surface area contributed by atoms with Crippen LogP contribution in [0.25, 0.3) is 147 Å². The topological polar surface area (TPSA) is 415 Å². The van der Waals surface area contributed by atoms with Crippen molar-refractivity contribution < 1.29 is 57.8 Å². The molecular weight excluding hydrogens is 1800 g/mol. The number of aliphatic imine (C=N–C) groups is 1. The Balaban J connectivity index is 0.000000123. The van der Waals surface area contributed by atoms with E-state index in [4.69, 9.17) is 23.7 Å². The van der Waals surface area contributed by atoms with E-state index in [1.165, 1.54) is 54.2 Å². The van der Waals surface area contributed by atoms with Crippen LogP contribution in [-0.4, -0.2) is 127 Å². The summed E-state index contributed by atoms with van der Waals surface area (Å²) in [6, 6.07) is 105. The number of halogens is 1. The van der Waals surface area contributed by atoms with Crippen LogP contribution in [0, 0.1) is 19.7 Å². The number of methoxy groups -OCH3 is 1. The third-order valence-electron chi connectivity index (χ3n) is 22.8. The van der Waals surface area contributed by atoms with Crippen molar-refractivity contribution in [1.82, 2.24) is 71.0 Å². The Kier molecular flexibility index (Phi) is 33.3. The number of nitrogens with two attached hydrogens (primary N) is 1. The summed E-state index contributed by atoms with van der Waals surface area (Å²) < 4.78 is 36.7. The Morgan fingerprint density at radius 3 is 1.40 bits per heavy atom. The van der Waals surface area contributed by atoms with E-state index < -0.39 is 5.91 Å². The van der Waals surface area contributed by atoms with E-state index in [1.54, 1.807) is 116 Å². The maximum atomic E-state index is 13.8. The average molecular weight is 1910 g/mol. The van der Waals surface area contributed by atoms with Gasteiger partial charge in [-0.25, -0.2) is 4.39 Å². The number of hydrogen-bond donors (Lipinski definition) is 13. The number of aromatic hydroxyl groups is 6. The van der Waals surface area contributed by atoms with Gasteiger partial charge in [0.2, 0.25) is 5.91 Å². The molecule has 1 aliphatic heterocycles. The van der Waals surface area contributed by atoms with Crippen LogP contribution in [0.1, 0.15) is 72.3 Å². The number of aromatic nitrogens is 14. The maximum absolute atomic E-state index is 13.8. The summed E-state index contributed by atoms with van der Waals surface area (Å²) in [6.45, 7) is 9.16. The third-order valence-corrected chi connectivity index (χ3v) is 22.8. The van der Waals surface area contributed by atoms with E-state index >= 15 is 0 Å². The van der Waals surface area contributed by atoms with Crippen LogP contribution in [0.3, 0.4) is 0 Å². The van der Waals surface area contributed by atoms with Crippen molar-refractivity contribution >= 4 is 11.6 Å². The van der Waals surface area contributed by atoms with Crippen molar-refractivity contribution in [2.75, 3.05) is 13.7 Å². The fourth-order valence-electron chi connectivity index (χ4n) is 15.3. The number of para-hydroxylation sites is 5. The number of nitrogens with one attached hydrogen (secondary N) is 6. The molecule has 1 aliphatic rings. The second-order valence-electron chi connectivity index (χ2n) is 32.9.